The molecule has 1 rings (SSSR count). The lowest BCUT2D eigenvalue weighted by atomic mass is 10.1. The maximum absolute atomic E-state index is 12.9. The maximum Gasteiger partial charge on any atom is 0.304 e. The van der Waals surface area contributed by atoms with Crippen molar-refractivity contribution in [3.63, 3.8) is 0 Å². The van der Waals surface area contributed by atoms with Gasteiger partial charge in [-0.25, -0.2) is 8.78 Å². The average molecular weight is 257 g/mol. The van der Waals surface area contributed by atoms with Gasteiger partial charge in [0.15, 0.2) is 11.6 Å². The van der Waals surface area contributed by atoms with E-state index < -0.39 is 29.4 Å². The minimum absolute atomic E-state index is 0.0278. The fourth-order valence-electron chi connectivity index (χ4n) is 1.37. The number of carbonyl (C=O) groups is 2. The van der Waals surface area contributed by atoms with E-state index in [4.69, 9.17) is 5.11 Å². The van der Waals surface area contributed by atoms with Crippen LogP contribution in [0.1, 0.15) is 18.9 Å². The second-order valence-electron chi connectivity index (χ2n) is 3.97. The second kappa shape index (κ2) is 6.09. The third-order valence-electron chi connectivity index (χ3n) is 2.38. The molecule has 1 aromatic rings. The second-order valence-corrected chi connectivity index (χ2v) is 3.97. The van der Waals surface area contributed by atoms with Crippen LogP contribution in [0.5, 0.6) is 0 Å². The van der Waals surface area contributed by atoms with Crippen molar-refractivity contribution in [1.29, 1.82) is 0 Å². The molecule has 18 heavy (non-hydrogen) atoms. The van der Waals surface area contributed by atoms with Gasteiger partial charge in [-0.1, -0.05) is 13.0 Å². The highest BCUT2D eigenvalue weighted by molar-refractivity contribution is 5.82. The molecule has 0 aromatic heterocycles. The van der Waals surface area contributed by atoms with E-state index in [0.29, 0.717) is 5.56 Å². The Morgan fingerprint density at radius 3 is 2.56 bits per heavy atom. The zero-order valence-electron chi connectivity index (χ0n) is 9.74. The third-order valence-corrected chi connectivity index (χ3v) is 2.38. The summed E-state index contributed by atoms with van der Waals surface area (Å²) < 4.78 is 25.5. The number of hydrogen-bond donors (Lipinski definition) is 2. The van der Waals surface area contributed by atoms with Crippen molar-refractivity contribution in [1.82, 2.24) is 5.32 Å². The molecule has 0 saturated heterocycles. The molecule has 1 unspecified atom stereocenters. The number of carboxylic acid groups (broad SMARTS) is 1. The summed E-state index contributed by atoms with van der Waals surface area (Å²) in [6.07, 6.45) is -0.274. The number of halogens is 2. The summed E-state index contributed by atoms with van der Waals surface area (Å²) >= 11 is 0. The van der Waals surface area contributed by atoms with Crippen molar-refractivity contribution in [3.8, 4) is 0 Å². The standard InChI is InChI=1S/C12H13F2NO3/c1-7(4-11(16)17)12(18)15-6-8-2-3-9(13)10(14)5-8/h2-3,5,7H,4,6H2,1H3,(H,15,18)(H,16,17). The number of hydrogen-bond acceptors (Lipinski definition) is 2. The van der Waals surface area contributed by atoms with E-state index >= 15 is 0 Å². The van der Waals surface area contributed by atoms with Crippen LogP contribution in [-0.2, 0) is 16.1 Å². The predicted molar refractivity (Wildman–Crippen MR) is 59.6 cm³/mol. The number of carbonyl (C=O) groups excluding carboxylic acids is 1. The first-order valence-corrected chi connectivity index (χ1v) is 5.33. The van der Waals surface area contributed by atoms with Gasteiger partial charge in [0.1, 0.15) is 0 Å². The van der Waals surface area contributed by atoms with Crippen molar-refractivity contribution >= 4 is 11.9 Å². The highest BCUT2D eigenvalue weighted by atomic mass is 19.2. The van der Waals surface area contributed by atoms with Crippen molar-refractivity contribution in [2.45, 2.75) is 19.9 Å². The molecule has 4 nitrogen and oxygen atoms in total. The molecule has 0 bridgehead atoms. The summed E-state index contributed by atoms with van der Waals surface area (Å²) in [5.41, 5.74) is 0.407. The van der Waals surface area contributed by atoms with Crippen LogP contribution < -0.4 is 5.32 Å². The lowest BCUT2D eigenvalue weighted by molar-refractivity contribution is -0.140. The lowest BCUT2D eigenvalue weighted by Crippen LogP contribution is -2.30. The fourth-order valence-corrected chi connectivity index (χ4v) is 1.37. The Balaban J connectivity index is 2.52. The van der Waals surface area contributed by atoms with Crippen molar-refractivity contribution in [2.24, 2.45) is 5.92 Å². The highest BCUT2D eigenvalue weighted by Gasteiger charge is 2.16. The van der Waals surface area contributed by atoms with Crippen LogP contribution in [-0.4, -0.2) is 17.0 Å². The molecule has 1 amide bonds. The first-order chi connectivity index (χ1) is 8.40. The van der Waals surface area contributed by atoms with Gasteiger partial charge in [0.2, 0.25) is 5.91 Å². The summed E-state index contributed by atoms with van der Waals surface area (Å²) in [5.74, 6) is -4.12. The van der Waals surface area contributed by atoms with E-state index in [1.54, 1.807) is 0 Å². The first kappa shape index (κ1) is 14.1. The summed E-state index contributed by atoms with van der Waals surface area (Å²) in [4.78, 5) is 21.9. The molecule has 6 heteroatoms. The third kappa shape index (κ3) is 4.12. The molecular weight excluding hydrogens is 244 g/mol. The van der Waals surface area contributed by atoms with Gasteiger partial charge in [-0.15, -0.1) is 0 Å². The van der Waals surface area contributed by atoms with Gasteiger partial charge in [0.25, 0.3) is 0 Å². The van der Waals surface area contributed by atoms with Crippen LogP contribution >= 0.6 is 0 Å². The van der Waals surface area contributed by atoms with Gasteiger partial charge in [-0.05, 0) is 17.7 Å². The average Bonchev–Trinajstić information content (AvgIpc) is 2.29. The summed E-state index contributed by atoms with van der Waals surface area (Å²) in [7, 11) is 0. The number of amides is 1. The van der Waals surface area contributed by atoms with E-state index in [1.807, 2.05) is 0 Å². The zero-order valence-corrected chi connectivity index (χ0v) is 9.74. The van der Waals surface area contributed by atoms with Crippen LogP contribution in [0.2, 0.25) is 0 Å². The van der Waals surface area contributed by atoms with Gasteiger partial charge in [-0.3, -0.25) is 9.59 Å². The molecule has 98 valence electrons. The molecule has 0 aliphatic heterocycles. The number of nitrogens with one attached hydrogen (secondary N) is 1. The Bertz CT molecular complexity index is 463. The predicted octanol–water partition coefficient (Wildman–Crippen LogP) is 1.69. The van der Waals surface area contributed by atoms with E-state index in [1.165, 1.54) is 13.0 Å². The monoisotopic (exact) mass is 257 g/mol. The maximum atomic E-state index is 12.9. The molecule has 0 aliphatic carbocycles. The van der Waals surface area contributed by atoms with Crippen LogP contribution in [0.15, 0.2) is 18.2 Å². The van der Waals surface area contributed by atoms with Gasteiger partial charge in [0.05, 0.1) is 6.42 Å². The SMILES string of the molecule is CC(CC(=O)O)C(=O)NCc1ccc(F)c(F)c1. The highest BCUT2D eigenvalue weighted by Crippen LogP contribution is 2.09. The Kier molecular flexibility index (Phi) is 4.76. The van der Waals surface area contributed by atoms with Crippen LogP contribution in [0.3, 0.4) is 0 Å². The summed E-state index contributed by atoms with van der Waals surface area (Å²) in [6.45, 7) is 1.51. The van der Waals surface area contributed by atoms with Gasteiger partial charge in [0, 0.05) is 12.5 Å². The smallest absolute Gasteiger partial charge is 0.304 e. The quantitative estimate of drug-likeness (QED) is 0.843. The van der Waals surface area contributed by atoms with Crippen LogP contribution in [0.4, 0.5) is 8.78 Å². The van der Waals surface area contributed by atoms with E-state index in [9.17, 15) is 18.4 Å². The summed E-state index contributed by atoms with van der Waals surface area (Å²) in [5, 5.41) is 11.0. The van der Waals surface area contributed by atoms with E-state index in [0.717, 1.165) is 12.1 Å². The zero-order chi connectivity index (χ0) is 13.7. The number of aliphatic carboxylic acids is 1. The Morgan fingerprint density at radius 1 is 1.33 bits per heavy atom. The molecule has 0 heterocycles. The van der Waals surface area contributed by atoms with Gasteiger partial charge < -0.3 is 10.4 Å². The Labute approximate surface area is 103 Å². The van der Waals surface area contributed by atoms with Gasteiger partial charge in [-0.2, -0.15) is 0 Å². The van der Waals surface area contributed by atoms with Crippen molar-refractivity contribution < 1.29 is 23.5 Å². The molecular formula is C12H13F2NO3. The molecule has 1 atom stereocenters. The number of carboxylic acids is 1. The molecule has 0 spiro atoms. The molecule has 0 radical (unpaired) electrons. The summed E-state index contributed by atoms with van der Waals surface area (Å²) in [6, 6.07) is 3.30. The molecule has 2 N–H and O–H groups in total. The Hall–Kier alpha value is -1.98. The minimum atomic E-state index is -1.06. The van der Waals surface area contributed by atoms with Crippen molar-refractivity contribution in [3.05, 3.63) is 35.4 Å². The topological polar surface area (TPSA) is 66.4 Å². The van der Waals surface area contributed by atoms with Gasteiger partial charge >= 0.3 is 5.97 Å². The van der Waals surface area contributed by atoms with Crippen molar-refractivity contribution in [2.75, 3.05) is 0 Å². The minimum Gasteiger partial charge on any atom is -0.481 e. The number of benzene rings is 1. The van der Waals surface area contributed by atoms with E-state index in [2.05, 4.69) is 5.32 Å². The van der Waals surface area contributed by atoms with Crippen LogP contribution in [0, 0.1) is 17.6 Å². The largest absolute Gasteiger partial charge is 0.481 e. The Morgan fingerprint density at radius 2 is 2.00 bits per heavy atom. The molecule has 0 saturated carbocycles. The number of rotatable bonds is 5. The molecule has 0 aliphatic rings. The normalized spacial score (nSPS) is 11.9. The van der Waals surface area contributed by atoms with Crippen LogP contribution in [0.25, 0.3) is 0 Å². The lowest BCUT2D eigenvalue weighted by Gasteiger charge is -2.10. The van der Waals surface area contributed by atoms with E-state index in [-0.39, 0.29) is 13.0 Å². The molecule has 1 aromatic carbocycles. The molecule has 0 fully saturated rings. The fraction of sp³-hybridized carbons (Fsp3) is 0.333. The first-order valence-electron chi connectivity index (χ1n) is 5.33.